The maximum absolute atomic E-state index is 14.7. The van der Waals surface area contributed by atoms with Gasteiger partial charge >= 0.3 is 5.97 Å². The van der Waals surface area contributed by atoms with Crippen molar-refractivity contribution in [3.05, 3.63) is 48.0 Å². The minimum Gasteiger partial charge on any atom is -0.508 e. The summed E-state index contributed by atoms with van der Waals surface area (Å²) < 4.78 is 0. The molecule has 0 aliphatic rings. The third-order valence-electron chi connectivity index (χ3n) is 23.7. The van der Waals surface area contributed by atoms with Crippen molar-refractivity contribution in [2.24, 2.45) is 103 Å². The summed E-state index contributed by atoms with van der Waals surface area (Å²) in [5.74, 6) is -16.2. The van der Waals surface area contributed by atoms with Crippen molar-refractivity contribution in [1.29, 1.82) is 0 Å². The molecule has 0 unspecified atom stereocenters. The SMILES string of the molecule is CCCCCCCCCCCCCCCC(=O)N[C@H](CCCCN)C(=O)N[C@@H](CCCCN)C(=O)C[C@@H](CC(C)C)C(=O)N[C@H](C)CCCN=C(N)N.CSCC[C@H](NC(=O)[C@H](CO)CC(C)=O)C(=O)C[C@H](C(=O)N[C@@H](CC(=O)O)C(=O)C[C@@H](CCCCN)C(=O)N[C@@H](Cc1ccc(O)cc1)C(=O)C[C@@H](CCCN=C(N)N)C(=O)N[C@@H](CC(C)C)C(=O)C[C@@H](Cc1cnc[nH]1)C(N)=O)[C@@H](C)O. The van der Waals surface area contributed by atoms with E-state index in [0.717, 1.165) is 25.7 Å². The Bertz CT molecular complexity index is 3920. The van der Waals surface area contributed by atoms with E-state index in [9.17, 15) is 92.3 Å². The summed E-state index contributed by atoms with van der Waals surface area (Å²) in [5.41, 5.74) is 45.9. The molecule has 772 valence electrons. The Balaban J connectivity index is 0.00000150. The molecule has 2 aromatic rings. The molecule has 0 saturated heterocycles. The number of nitrogens with zero attached hydrogens (tertiary/aromatic N) is 3. The first-order valence-electron chi connectivity index (χ1n) is 49.1. The van der Waals surface area contributed by atoms with Crippen LogP contribution >= 0.6 is 11.8 Å². The topological polar surface area (TPSA) is 683 Å². The molecule has 0 aliphatic heterocycles. The third-order valence-corrected chi connectivity index (χ3v) is 24.3. The summed E-state index contributed by atoms with van der Waals surface area (Å²) in [7, 11) is 0. The highest BCUT2D eigenvalue weighted by Crippen LogP contribution is 2.26. The van der Waals surface area contributed by atoms with Gasteiger partial charge in [-0.2, -0.15) is 11.8 Å². The number of aliphatic imine (C=N–C) groups is 2. The van der Waals surface area contributed by atoms with Crippen molar-refractivity contribution >= 4 is 112 Å². The summed E-state index contributed by atoms with van der Waals surface area (Å²) in [6, 6.07) is -1.43. The minimum atomic E-state index is -1.80. The van der Waals surface area contributed by atoms with Crippen LogP contribution in [0.5, 0.6) is 5.75 Å². The molecule has 14 atom stereocenters. The molecule has 0 bridgehead atoms. The molecule has 28 N–H and O–H groups in total. The smallest absolute Gasteiger partial charge is 0.305 e. The van der Waals surface area contributed by atoms with Crippen LogP contribution in [0.2, 0.25) is 0 Å². The Labute approximate surface area is 809 Å². The molecule has 0 spiro atoms. The molecule has 0 aliphatic carbocycles. The van der Waals surface area contributed by atoms with Crippen LogP contribution in [-0.2, 0) is 84.8 Å². The highest BCUT2D eigenvalue weighted by Gasteiger charge is 2.39. The van der Waals surface area contributed by atoms with Gasteiger partial charge in [0.15, 0.2) is 40.8 Å². The number of aliphatic hydroxyl groups is 2. The van der Waals surface area contributed by atoms with Crippen molar-refractivity contribution in [2.75, 3.05) is 51.3 Å². The first-order valence-corrected chi connectivity index (χ1v) is 50.5. The van der Waals surface area contributed by atoms with Crippen molar-refractivity contribution in [3.8, 4) is 5.75 Å². The number of hydrogen-bond donors (Lipinski definition) is 20. The number of aliphatic carboxylic acids is 1. The molecule has 1 aromatic carbocycles. The third kappa shape index (κ3) is 57.4. The number of ketones is 6. The number of imidazole rings is 1. The van der Waals surface area contributed by atoms with Crippen LogP contribution in [-0.4, -0.2) is 230 Å². The molecule has 0 saturated carbocycles. The zero-order chi connectivity index (χ0) is 102. The number of carbonyl (C=O) groups excluding carboxylic acids is 14. The number of benzene rings is 1. The lowest BCUT2D eigenvalue weighted by atomic mass is 9.88. The Morgan fingerprint density at radius 2 is 0.882 bits per heavy atom. The molecular weight excluding hydrogens is 1770 g/mol. The number of nitrogens with two attached hydrogens (primary N) is 8. The second-order valence-corrected chi connectivity index (χ2v) is 38.0. The van der Waals surface area contributed by atoms with Crippen molar-refractivity contribution in [1.82, 2.24) is 47.2 Å². The van der Waals surface area contributed by atoms with Crippen molar-refractivity contribution in [3.63, 3.8) is 0 Å². The van der Waals surface area contributed by atoms with Gasteiger partial charge in [-0.05, 0) is 191 Å². The predicted molar refractivity (Wildman–Crippen MR) is 529 cm³/mol. The highest BCUT2D eigenvalue weighted by molar-refractivity contribution is 7.98. The maximum atomic E-state index is 14.7. The number of primary amides is 1. The molecule has 8 amide bonds. The Morgan fingerprint density at radius 1 is 0.441 bits per heavy atom. The van der Waals surface area contributed by atoms with Crippen LogP contribution in [0.3, 0.4) is 0 Å². The number of aromatic nitrogens is 2. The number of aromatic hydroxyl groups is 1. The van der Waals surface area contributed by atoms with E-state index in [1.165, 1.54) is 127 Å². The molecule has 136 heavy (non-hydrogen) atoms. The number of Topliss-reactive ketones (excluding diaryl/α,β-unsaturated/α-hetero) is 6. The molecular formula is C97H169N19O19S. The normalized spacial score (nSPS) is 14.4. The Kier molecular flexibility index (Phi) is 67.0. The van der Waals surface area contributed by atoms with E-state index in [0.29, 0.717) is 101 Å². The van der Waals surface area contributed by atoms with Gasteiger partial charge in [-0.3, -0.25) is 77.1 Å². The minimum absolute atomic E-state index is 0.0139. The molecule has 1 heterocycles. The second kappa shape index (κ2) is 73.4. The van der Waals surface area contributed by atoms with E-state index in [2.05, 4.69) is 64.1 Å². The fourth-order valence-corrected chi connectivity index (χ4v) is 16.4. The van der Waals surface area contributed by atoms with Gasteiger partial charge < -0.3 is 113 Å². The number of unbranched alkanes of at least 4 members (excludes halogenated alkanes) is 15. The number of amides is 8. The predicted octanol–water partition coefficient (Wildman–Crippen LogP) is 5.93. The summed E-state index contributed by atoms with van der Waals surface area (Å²) in [6.45, 7) is 15.3. The van der Waals surface area contributed by atoms with Crippen LogP contribution in [0.4, 0.5) is 0 Å². The van der Waals surface area contributed by atoms with Gasteiger partial charge in [0.2, 0.25) is 47.3 Å². The molecule has 2 rings (SSSR count). The van der Waals surface area contributed by atoms with Gasteiger partial charge in [0.05, 0.1) is 73.4 Å². The van der Waals surface area contributed by atoms with Crippen LogP contribution < -0.4 is 83.1 Å². The Morgan fingerprint density at radius 3 is 1.38 bits per heavy atom. The number of carboxylic acid groups (broad SMARTS) is 1. The lowest BCUT2D eigenvalue weighted by Crippen LogP contribution is -2.52. The zero-order valence-corrected chi connectivity index (χ0v) is 83.3. The summed E-state index contributed by atoms with van der Waals surface area (Å²) in [6.07, 6.45) is 22.6. The maximum Gasteiger partial charge on any atom is 0.305 e. The number of nitrogens with one attached hydrogen (secondary N) is 8. The van der Waals surface area contributed by atoms with Gasteiger partial charge in [0, 0.05) is 100 Å². The van der Waals surface area contributed by atoms with Gasteiger partial charge in [-0.1, -0.05) is 130 Å². The summed E-state index contributed by atoms with van der Waals surface area (Å²) in [4.78, 5) is 218. The number of H-pyrrole nitrogens is 1. The fourth-order valence-electron chi connectivity index (χ4n) is 15.9. The Hall–Kier alpha value is -9.83. The van der Waals surface area contributed by atoms with Crippen molar-refractivity contribution < 1.29 is 92.3 Å². The lowest BCUT2D eigenvalue weighted by Gasteiger charge is -2.27. The quantitative estimate of drug-likeness (QED) is 0.0207. The van der Waals surface area contributed by atoms with Crippen LogP contribution in [0.25, 0.3) is 0 Å². The number of aliphatic hydroxyl groups excluding tert-OH is 2. The van der Waals surface area contributed by atoms with Crippen LogP contribution in [0.1, 0.15) is 304 Å². The first-order chi connectivity index (χ1) is 64.6. The van der Waals surface area contributed by atoms with Crippen molar-refractivity contribution in [2.45, 2.75) is 354 Å². The van der Waals surface area contributed by atoms with E-state index in [-0.39, 0.29) is 149 Å². The number of carbonyl (C=O) groups is 15. The molecule has 0 fully saturated rings. The number of carboxylic acids is 1. The number of aromatic amines is 1. The van der Waals surface area contributed by atoms with E-state index in [4.69, 9.17) is 45.9 Å². The first kappa shape index (κ1) is 124. The number of guanidine groups is 2. The van der Waals surface area contributed by atoms with E-state index in [1.54, 1.807) is 6.26 Å². The van der Waals surface area contributed by atoms with E-state index >= 15 is 0 Å². The summed E-state index contributed by atoms with van der Waals surface area (Å²) in [5, 5.41) is 60.0. The number of phenols is 1. The highest BCUT2D eigenvalue weighted by atomic mass is 32.2. The summed E-state index contributed by atoms with van der Waals surface area (Å²) >= 11 is 1.34. The van der Waals surface area contributed by atoms with Gasteiger partial charge in [0.1, 0.15) is 17.6 Å². The number of hydrogen-bond acceptors (Lipinski definition) is 25. The average Bonchev–Trinajstić information content (AvgIpc) is 0.958. The van der Waals surface area contributed by atoms with Gasteiger partial charge in [0.25, 0.3) is 0 Å². The second-order valence-electron chi connectivity index (χ2n) is 37.0. The van der Waals surface area contributed by atoms with Crippen LogP contribution in [0, 0.1) is 47.3 Å². The van der Waals surface area contributed by atoms with E-state index < -0.39 is 169 Å². The molecule has 0 radical (unpaired) electrons. The monoisotopic (exact) mass is 1940 g/mol. The fraction of sp³-hybridized carbons (Fsp3) is 0.732. The van der Waals surface area contributed by atoms with E-state index in [1.807, 2.05) is 34.6 Å². The lowest BCUT2D eigenvalue weighted by molar-refractivity contribution is -0.142. The molecule has 38 nitrogen and oxygen atoms in total. The van der Waals surface area contributed by atoms with Gasteiger partial charge in [-0.25, -0.2) is 4.98 Å². The zero-order valence-electron chi connectivity index (χ0n) is 82.5. The van der Waals surface area contributed by atoms with Gasteiger partial charge in [-0.15, -0.1) is 0 Å². The number of rotatable bonds is 80. The average molecular weight is 1940 g/mol. The van der Waals surface area contributed by atoms with Crippen LogP contribution in [0.15, 0.2) is 46.8 Å². The largest absolute Gasteiger partial charge is 0.508 e. The number of thioether (sulfide) groups is 1. The number of phenolic OH excluding ortho intramolecular Hbond substituents is 1. The standard InChI is InChI=1S/C56H87N11O15S.C41H82N8O4/c1-31(2)19-43(48(74)25-37(51(58)78)22-39-28-61-30-63-39)65-53(80)36(10-8-17-62-56(59)60)24-46(72)44(21-34-11-13-40(71)14-12-34)66-52(79)35(9-6-7-16-57)23-47(73)45(27-50(76)77)67-55(82)41(33(4)70)26-49(75)42(15-18-83-5)64-54(81)38(29-68)20-32(3)69;1-5-6-7-8-9-10-11-12-13-14-15-16-17-26-38(51)48-36(25-19-21-28-43)40(53)49-35(24-18-20-27-42)37(50)31-34(30-32(2)3)39(52)47-33(4)23-22-29-46-41(44)45/h11-14,28,30-31,33,35-38,41-45,68,70-71H,6-10,15-27,29,57H2,1-5H3,(H2,58,78)(H,61,63)(H,64,81)(H,65,80)(H,66,79)(H,67,82)(H,76,77)(H4,59,60,62);32-36H,5-31,42-43H2,1-4H3,(H,47,52)(H,48,51)(H,49,53)(H4,44,45,46)/t33-,35-,36-,37-,38+,41+,42+,43+,44+,45+;33-,34-,35+,36-/m11/s1. The molecule has 39 heteroatoms. The molecule has 1 aromatic heterocycles.